The Morgan fingerprint density at radius 3 is 2.77 bits per heavy atom. The fourth-order valence-electron chi connectivity index (χ4n) is 3.57. The third-order valence-electron chi connectivity index (χ3n) is 5.09. The number of aromatic nitrogens is 2. The van der Waals surface area contributed by atoms with Crippen molar-refractivity contribution in [1.82, 2.24) is 25.1 Å². The molecule has 2 atom stereocenters. The number of benzene rings is 1. The summed E-state index contributed by atoms with van der Waals surface area (Å²) >= 11 is 0. The third kappa shape index (κ3) is 5.47. The number of carbonyl (C=O) groups is 2. The van der Waals surface area contributed by atoms with Gasteiger partial charge in [-0.1, -0.05) is 12.1 Å². The predicted octanol–water partition coefficient (Wildman–Crippen LogP) is 2.37. The van der Waals surface area contributed by atoms with Crippen LogP contribution in [-0.4, -0.2) is 58.8 Å². The number of aryl methyl sites for hydroxylation is 1. The summed E-state index contributed by atoms with van der Waals surface area (Å²) in [6.07, 6.45) is -0.375. The lowest BCUT2D eigenvalue weighted by Gasteiger charge is -2.27. The van der Waals surface area contributed by atoms with Crippen molar-refractivity contribution in [1.29, 1.82) is 0 Å². The quantitative estimate of drug-likeness (QED) is 0.724. The average molecular weight is 439 g/mol. The van der Waals surface area contributed by atoms with Gasteiger partial charge in [0.1, 0.15) is 30.2 Å². The van der Waals surface area contributed by atoms with Gasteiger partial charge < -0.3 is 24.8 Å². The zero-order valence-corrected chi connectivity index (χ0v) is 17.1. The monoisotopic (exact) mass is 439 g/mol. The molecule has 8 nitrogen and oxygen atoms in total. The van der Waals surface area contributed by atoms with Crippen LogP contribution in [-0.2, 0) is 11.8 Å². The maximum atomic E-state index is 13.1. The number of carbonyl (C=O) groups excluding carboxylic acids is 2. The van der Waals surface area contributed by atoms with E-state index in [9.17, 15) is 22.8 Å². The molecule has 2 heterocycles. The minimum absolute atomic E-state index is 0.265. The zero-order valence-electron chi connectivity index (χ0n) is 17.1. The molecule has 31 heavy (non-hydrogen) atoms. The highest BCUT2D eigenvalue weighted by molar-refractivity contribution is 5.87. The summed E-state index contributed by atoms with van der Waals surface area (Å²) in [7, 11) is 3.31. The molecule has 3 rings (SSSR count). The lowest BCUT2D eigenvalue weighted by Crippen LogP contribution is -2.51. The number of hydrogen-bond acceptors (Lipinski definition) is 4. The van der Waals surface area contributed by atoms with Crippen molar-refractivity contribution in [3.05, 3.63) is 48.0 Å². The maximum absolute atomic E-state index is 13.1. The van der Waals surface area contributed by atoms with Crippen molar-refractivity contribution >= 4 is 11.9 Å². The topological polar surface area (TPSA) is 88.5 Å². The predicted molar refractivity (Wildman–Crippen MR) is 105 cm³/mol. The second-order valence-electron chi connectivity index (χ2n) is 7.24. The first-order chi connectivity index (χ1) is 14.7. The van der Waals surface area contributed by atoms with Gasteiger partial charge in [-0.2, -0.15) is 13.2 Å². The smallest absolute Gasteiger partial charge is 0.405 e. The molecule has 1 aliphatic heterocycles. The molecule has 1 saturated heterocycles. The Kier molecular flexibility index (Phi) is 6.71. The van der Waals surface area contributed by atoms with Gasteiger partial charge in [0.25, 0.3) is 0 Å². The minimum Gasteiger partial charge on any atom is -0.497 e. The van der Waals surface area contributed by atoms with Crippen molar-refractivity contribution in [3.8, 4) is 5.75 Å². The number of imidazole rings is 1. The Bertz CT molecular complexity index is 931. The van der Waals surface area contributed by atoms with E-state index in [1.807, 2.05) is 5.32 Å². The first-order valence-electron chi connectivity index (χ1n) is 9.72. The molecular weight excluding hydrogens is 415 g/mol. The first kappa shape index (κ1) is 22.4. The van der Waals surface area contributed by atoms with Gasteiger partial charge in [-0.3, -0.25) is 4.79 Å². The lowest BCUT2D eigenvalue weighted by molar-refractivity contribution is -0.140. The standard InChI is InChI=1S/C20H24F3N5O3/c1-27-10-8-24-17(27)16(13-5-3-6-14(11-13)31-2)26-19(30)28-9-4-7-15(28)18(29)25-12-20(21,22)23/h3,5-6,8,10-11,15-16H,4,7,9,12H2,1-2H3,(H,25,29)(H,26,30). The molecular formula is C20H24F3N5O3. The van der Waals surface area contributed by atoms with E-state index in [1.54, 1.807) is 48.3 Å². The number of halogens is 3. The minimum atomic E-state index is -4.52. The van der Waals surface area contributed by atoms with Crippen LogP contribution >= 0.6 is 0 Å². The van der Waals surface area contributed by atoms with Crippen LogP contribution in [0.4, 0.5) is 18.0 Å². The van der Waals surface area contributed by atoms with Crippen molar-refractivity contribution in [3.63, 3.8) is 0 Å². The number of alkyl halides is 3. The molecule has 0 aliphatic carbocycles. The summed E-state index contributed by atoms with van der Waals surface area (Å²) in [5.41, 5.74) is 0.708. The van der Waals surface area contributed by atoms with Crippen molar-refractivity contribution < 1.29 is 27.5 Å². The summed E-state index contributed by atoms with van der Waals surface area (Å²) in [5.74, 6) is 0.329. The molecule has 2 aromatic rings. The fraction of sp³-hybridized carbons (Fsp3) is 0.450. The number of nitrogens with zero attached hydrogens (tertiary/aromatic N) is 3. The molecule has 0 spiro atoms. The van der Waals surface area contributed by atoms with Gasteiger partial charge in [0.2, 0.25) is 5.91 Å². The molecule has 0 radical (unpaired) electrons. The van der Waals surface area contributed by atoms with Crippen LogP contribution in [0.3, 0.4) is 0 Å². The van der Waals surface area contributed by atoms with E-state index < -0.39 is 36.7 Å². The molecule has 1 fully saturated rings. The van der Waals surface area contributed by atoms with Gasteiger partial charge in [0.05, 0.1) is 7.11 Å². The summed E-state index contributed by atoms with van der Waals surface area (Å²) in [5, 5.41) is 4.74. The second-order valence-corrected chi connectivity index (χ2v) is 7.24. The zero-order chi connectivity index (χ0) is 22.6. The Balaban J connectivity index is 1.80. The van der Waals surface area contributed by atoms with Crippen LogP contribution in [0.2, 0.25) is 0 Å². The van der Waals surface area contributed by atoms with Gasteiger partial charge in [-0.25, -0.2) is 9.78 Å². The molecule has 1 aromatic carbocycles. The number of ether oxygens (including phenoxy) is 1. The van der Waals surface area contributed by atoms with Crippen molar-refractivity contribution in [2.45, 2.75) is 31.1 Å². The second kappa shape index (κ2) is 9.27. The number of urea groups is 1. The molecule has 168 valence electrons. The SMILES string of the molecule is COc1cccc(C(NC(=O)N2CCCC2C(=O)NCC(F)(F)F)c2nccn2C)c1. The first-order valence-corrected chi connectivity index (χ1v) is 9.72. The summed E-state index contributed by atoms with van der Waals surface area (Å²) in [4.78, 5) is 30.9. The highest BCUT2D eigenvalue weighted by Gasteiger charge is 2.37. The Morgan fingerprint density at radius 2 is 2.13 bits per heavy atom. The number of methoxy groups -OCH3 is 1. The van der Waals surface area contributed by atoms with E-state index >= 15 is 0 Å². The number of likely N-dealkylation sites (tertiary alicyclic amines) is 1. The highest BCUT2D eigenvalue weighted by atomic mass is 19.4. The molecule has 2 unspecified atom stereocenters. The average Bonchev–Trinajstić information content (AvgIpc) is 3.39. The highest BCUT2D eigenvalue weighted by Crippen LogP contribution is 2.26. The van der Waals surface area contributed by atoms with Crippen LogP contribution in [0.25, 0.3) is 0 Å². The van der Waals surface area contributed by atoms with E-state index in [2.05, 4.69) is 10.3 Å². The molecule has 0 saturated carbocycles. The van der Waals surface area contributed by atoms with Crippen LogP contribution in [0.1, 0.15) is 30.3 Å². The van der Waals surface area contributed by atoms with Crippen LogP contribution < -0.4 is 15.4 Å². The van der Waals surface area contributed by atoms with E-state index in [-0.39, 0.29) is 6.54 Å². The molecule has 3 amide bonds. The van der Waals surface area contributed by atoms with Crippen LogP contribution in [0, 0.1) is 0 Å². The van der Waals surface area contributed by atoms with Crippen LogP contribution in [0.5, 0.6) is 5.75 Å². The Morgan fingerprint density at radius 1 is 1.35 bits per heavy atom. The Labute approximate surface area is 177 Å². The molecule has 2 N–H and O–H groups in total. The van der Waals surface area contributed by atoms with Gasteiger partial charge in [0.15, 0.2) is 0 Å². The Hall–Kier alpha value is -3.24. The molecule has 1 aliphatic rings. The molecule has 11 heteroatoms. The number of hydrogen-bond donors (Lipinski definition) is 2. The molecule has 0 bridgehead atoms. The lowest BCUT2D eigenvalue weighted by atomic mass is 10.1. The summed E-state index contributed by atoms with van der Waals surface area (Å²) in [6, 6.07) is 4.94. The maximum Gasteiger partial charge on any atom is 0.405 e. The van der Waals surface area contributed by atoms with Gasteiger partial charge >= 0.3 is 12.2 Å². The van der Waals surface area contributed by atoms with E-state index in [1.165, 1.54) is 12.0 Å². The third-order valence-corrected chi connectivity index (χ3v) is 5.09. The van der Waals surface area contributed by atoms with E-state index in [4.69, 9.17) is 4.74 Å². The van der Waals surface area contributed by atoms with E-state index in [0.29, 0.717) is 30.0 Å². The van der Waals surface area contributed by atoms with E-state index in [0.717, 1.165) is 0 Å². The summed E-state index contributed by atoms with van der Waals surface area (Å²) in [6.45, 7) is -1.17. The van der Waals surface area contributed by atoms with Crippen molar-refractivity contribution in [2.24, 2.45) is 7.05 Å². The number of amides is 3. The number of rotatable bonds is 6. The van der Waals surface area contributed by atoms with Crippen molar-refractivity contribution in [2.75, 3.05) is 20.2 Å². The van der Waals surface area contributed by atoms with Gasteiger partial charge in [-0.05, 0) is 30.5 Å². The molecule has 1 aromatic heterocycles. The van der Waals surface area contributed by atoms with Gasteiger partial charge in [0, 0.05) is 26.0 Å². The van der Waals surface area contributed by atoms with Gasteiger partial charge in [-0.15, -0.1) is 0 Å². The largest absolute Gasteiger partial charge is 0.497 e. The van der Waals surface area contributed by atoms with Crippen LogP contribution in [0.15, 0.2) is 36.7 Å². The summed E-state index contributed by atoms with van der Waals surface area (Å²) < 4.78 is 44.4. The fourth-order valence-corrected chi connectivity index (χ4v) is 3.57. The number of nitrogens with one attached hydrogen (secondary N) is 2. The normalized spacial score (nSPS) is 17.3.